The average molecular weight is 341 g/mol. The summed E-state index contributed by atoms with van der Waals surface area (Å²) in [5, 5.41) is 8.63. The number of thiazole rings is 1. The van der Waals surface area contributed by atoms with Gasteiger partial charge in [-0.2, -0.15) is 0 Å². The first-order valence-corrected chi connectivity index (χ1v) is 8.48. The fourth-order valence-corrected chi connectivity index (χ4v) is 3.18. The number of rotatable bonds is 4. The molecule has 1 atom stereocenters. The number of nitrogens with zero attached hydrogens (tertiary/aromatic N) is 3. The van der Waals surface area contributed by atoms with Gasteiger partial charge >= 0.3 is 6.03 Å². The second-order valence-corrected chi connectivity index (χ2v) is 6.48. The lowest BCUT2D eigenvalue weighted by atomic mass is 10.2. The van der Waals surface area contributed by atoms with Gasteiger partial charge in [-0.25, -0.2) is 14.8 Å². The van der Waals surface area contributed by atoms with Crippen LogP contribution in [0.2, 0.25) is 0 Å². The fraction of sp³-hybridized carbons (Fsp3) is 0.235. The summed E-state index contributed by atoms with van der Waals surface area (Å²) in [7, 11) is 1.94. The number of hydrogen-bond acceptors (Lipinski definition) is 4. The Hall–Kier alpha value is -2.67. The molecule has 124 valence electrons. The summed E-state index contributed by atoms with van der Waals surface area (Å²) in [6.07, 6.45) is 3.64. The molecule has 0 aliphatic carbocycles. The van der Waals surface area contributed by atoms with Crippen LogP contribution in [0.4, 0.5) is 10.5 Å². The number of anilines is 1. The number of urea groups is 1. The maximum absolute atomic E-state index is 12.2. The minimum Gasteiger partial charge on any atom is -0.334 e. The van der Waals surface area contributed by atoms with Gasteiger partial charge in [0.2, 0.25) is 0 Å². The first-order valence-electron chi connectivity index (χ1n) is 7.60. The van der Waals surface area contributed by atoms with Gasteiger partial charge in [0.05, 0.1) is 6.04 Å². The van der Waals surface area contributed by atoms with Crippen LogP contribution in [-0.4, -0.2) is 20.6 Å². The molecule has 0 fully saturated rings. The minimum absolute atomic E-state index is 0.138. The van der Waals surface area contributed by atoms with Gasteiger partial charge in [0.1, 0.15) is 10.8 Å². The first-order chi connectivity index (χ1) is 11.5. The van der Waals surface area contributed by atoms with Crippen molar-refractivity contribution in [1.29, 1.82) is 0 Å². The molecule has 24 heavy (non-hydrogen) atoms. The molecule has 0 saturated carbocycles. The van der Waals surface area contributed by atoms with Gasteiger partial charge in [-0.3, -0.25) is 0 Å². The van der Waals surface area contributed by atoms with Crippen LogP contribution in [0, 0.1) is 6.92 Å². The highest BCUT2D eigenvalue weighted by Crippen LogP contribution is 2.21. The van der Waals surface area contributed by atoms with Crippen molar-refractivity contribution in [1.82, 2.24) is 19.9 Å². The number of aryl methyl sites for hydroxylation is 2. The van der Waals surface area contributed by atoms with E-state index in [9.17, 15) is 4.79 Å². The van der Waals surface area contributed by atoms with Crippen molar-refractivity contribution in [3.63, 3.8) is 0 Å². The number of carbonyl (C=O) groups is 1. The molecular weight excluding hydrogens is 322 g/mol. The van der Waals surface area contributed by atoms with E-state index in [-0.39, 0.29) is 12.1 Å². The lowest BCUT2D eigenvalue weighted by Crippen LogP contribution is -2.31. The van der Waals surface area contributed by atoms with E-state index < -0.39 is 0 Å². The average Bonchev–Trinajstić information content (AvgIpc) is 3.16. The van der Waals surface area contributed by atoms with E-state index in [1.54, 1.807) is 17.5 Å². The SMILES string of the molecule is Cc1csc([C@@H](C)NC(=O)Nc2cccc(-c3nccn3C)c2)n1. The summed E-state index contributed by atoms with van der Waals surface area (Å²) in [6, 6.07) is 7.22. The molecule has 2 N–H and O–H groups in total. The Balaban J connectivity index is 1.67. The van der Waals surface area contributed by atoms with E-state index in [1.165, 1.54) is 0 Å². The molecule has 1 aromatic carbocycles. The van der Waals surface area contributed by atoms with E-state index in [0.717, 1.165) is 27.8 Å². The minimum atomic E-state index is -0.257. The molecule has 2 amide bonds. The maximum Gasteiger partial charge on any atom is 0.319 e. The largest absolute Gasteiger partial charge is 0.334 e. The van der Waals surface area contributed by atoms with Gasteiger partial charge in [-0.1, -0.05) is 12.1 Å². The van der Waals surface area contributed by atoms with Crippen molar-refractivity contribution in [3.8, 4) is 11.4 Å². The number of benzene rings is 1. The molecule has 0 aliphatic rings. The van der Waals surface area contributed by atoms with Crippen molar-refractivity contribution in [2.75, 3.05) is 5.32 Å². The second-order valence-electron chi connectivity index (χ2n) is 5.59. The molecule has 0 spiro atoms. The highest BCUT2D eigenvalue weighted by Gasteiger charge is 2.13. The third kappa shape index (κ3) is 3.62. The molecule has 0 unspecified atom stereocenters. The van der Waals surface area contributed by atoms with Crippen molar-refractivity contribution in [2.45, 2.75) is 19.9 Å². The van der Waals surface area contributed by atoms with Gasteiger partial charge in [0.15, 0.2) is 0 Å². The quantitative estimate of drug-likeness (QED) is 0.759. The molecule has 2 heterocycles. The highest BCUT2D eigenvalue weighted by molar-refractivity contribution is 7.09. The number of nitrogens with one attached hydrogen (secondary N) is 2. The molecule has 0 aliphatic heterocycles. The Morgan fingerprint density at radius 1 is 1.38 bits per heavy atom. The van der Waals surface area contributed by atoms with Crippen LogP contribution in [0.3, 0.4) is 0 Å². The van der Waals surface area contributed by atoms with Gasteiger partial charge in [-0.15, -0.1) is 11.3 Å². The summed E-state index contributed by atoms with van der Waals surface area (Å²) >= 11 is 1.54. The normalized spacial score (nSPS) is 12.0. The predicted molar refractivity (Wildman–Crippen MR) is 96.1 cm³/mol. The van der Waals surface area contributed by atoms with E-state index in [0.29, 0.717) is 0 Å². The monoisotopic (exact) mass is 341 g/mol. The van der Waals surface area contributed by atoms with Gasteiger partial charge in [-0.05, 0) is 26.0 Å². The Bertz CT molecular complexity index is 854. The van der Waals surface area contributed by atoms with Crippen molar-refractivity contribution in [2.24, 2.45) is 7.05 Å². The summed E-state index contributed by atoms with van der Waals surface area (Å²) < 4.78 is 1.94. The lowest BCUT2D eigenvalue weighted by molar-refractivity contribution is 0.249. The van der Waals surface area contributed by atoms with Crippen molar-refractivity contribution >= 4 is 23.1 Å². The predicted octanol–water partition coefficient (Wildman–Crippen LogP) is 3.73. The molecule has 3 rings (SSSR count). The zero-order chi connectivity index (χ0) is 17.1. The number of imidazole rings is 1. The third-order valence-corrected chi connectivity index (χ3v) is 4.70. The Labute approximate surface area is 144 Å². The molecule has 6 nitrogen and oxygen atoms in total. The van der Waals surface area contributed by atoms with Gasteiger partial charge < -0.3 is 15.2 Å². The Morgan fingerprint density at radius 3 is 2.88 bits per heavy atom. The number of carbonyl (C=O) groups excluding carboxylic acids is 1. The number of hydrogen-bond donors (Lipinski definition) is 2. The highest BCUT2D eigenvalue weighted by atomic mass is 32.1. The number of aromatic nitrogens is 3. The topological polar surface area (TPSA) is 71.8 Å². The fourth-order valence-electron chi connectivity index (χ4n) is 2.38. The van der Waals surface area contributed by atoms with Crippen molar-refractivity contribution < 1.29 is 4.79 Å². The second kappa shape index (κ2) is 6.84. The molecule has 7 heteroatoms. The van der Waals surface area contributed by atoms with Crippen LogP contribution in [-0.2, 0) is 7.05 Å². The number of amides is 2. The van der Waals surface area contributed by atoms with Crippen LogP contribution >= 0.6 is 11.3 Å². The van der Waals surface area contributed by atoms with E-state index >= 15 is 0 Å². The zero-order valence-corrected chi connectivity index (χ0v) is 14.6. The van der Waals surface area contributed by atoms with Crippen molar-refractivity contribution in [3.05, 3.63) is 52.7 Å². The van der Waals surface area contributed by atoms with Gasteiger partial charge in [0, 0.05) is 41.8 Å². The van der Waals surface area contributed by atoms with Crippen LogP contribution in [0.25, 0.3) is 11.4 Å². The molecular formula is C17H19N5OS. The lowest BCUT2D eigenvalue weighted by Gasteiger charge is -2.13. The zero-order valence-electron chi connectivity index (χ0n) is 13.8. The maximum atomic E-state index is 12.2. The molecule has 3 aromatic rings. The Morgan fingerprint density at radius 2 is 2.21 bits per heavy atom. The third-order valence-electron chi connectivity index (χ3n) is 3.55. The molecule has 0 radical (unpaired) electrons. The van der Waals surface area contributed by atoms with Crippen LogP contribution in [0.1, 0.15) is 23.7 Å². The smallest absolute Gasteiger partial charge is 0.319 e. The summed E-state index contributed by atoms with van der Waals surface area (Å²) in [5.74, 6) is 0.852. The first kappa shape index (κ1) is 16.2. The summed E-state index contributed by atoms with van der Waals surface area (Å²) in [6.45, 7) is 3.86. The van der Waals surface area contributed by atoms with E-state index in [2.05, 4.69) is 20.6 Å². The van der Waals surface area contributed by atoms with E-state index in [1.807, 2.05) is 61.3 Å². The van der Waals surface area contributed by atoms with Gasteiger partial charge in [0.25, 0.3) is 0 Å². The van der Waals surface area contributed by atoms with Crippen LogP contribution in [0.5, 0.6) is 0 Å². The van der Waals surface area contributed by atoms with Crippen LogP contribution in [0.15, 0.2) is 42.0 Å². The van der Waals surface area contributed by atoms with E-state index in [4.69, 9.17) is 0 Å². The Kier molecular flexibility index (Phi) is 4.61. The summed E-state index contributed by atoms with van der Waals surface area (Å²) in [5.41, 5.74) is 2.63. The summed E-state index contributed by atoms with van der Waals surface area (Å²) in [4.78, 5) is 20.9. The molecule has 2 aromatic heterocycles. The van der Waals surface area contributed by atoms with Crippen LogP contribution < -0.4 is 10.6 Å². The standard InChI is InChI=1S/C17H19N5OS/c1-11-10-24-16(19-11)12(2)20-17(23)21-14-6-4-5-13(9-14)15-18-7-8-22(15)3/h4-10,12H,1-3H3,(H2,20,21,23)/t12-/m1/s1. The molecule has 0 bridgehead atoms. The molecule has 0 saturated heterocycles.